The van der Waals surface area contributed by atoms with E-state index in [1.807, 2.05) is 19.1 Å². The van der Waals surface area contributed by atoms with Gasteiger partial charge in [0, 0.05) is 17.8 Å². The average Bonchev–Trinajstić information content (AvgIpc) is 2.89. The van der Waals surface area contributed by atoms with Crippen molar-refractivity contribution in [1.82, 2.24) is 10.3 Å². The van der Waals surface area contributed by atoms with Gasteiger partial charge in [-0.2, -0.15) is 0 Å². The highest BCUT2D eigenvalue weighted by molar-refractivity contribution is 7.09. The van der Waals surface area contributed by atoms with Gasteiger partial charge >= 0.3 is 0 Å². The molecule has 1 aromatic carbocycles. The van der Waals surface area contributed by atoms with Crippen LogP contribution in [0.1, 0.15) is 35.7 Å². The van der Waals surface area contributed by atoms with Crippen molar-refractivity contribution in [2.24, 2.45) is 0 Å². The van der Waals surface area contributed by atoms with Gasteiger partial charge < -0.3 is 10.1 Å². The molecule has 1 atom stereocenters. The molecule has 1 N–H and O–H groups in total. The fourth-order valence-corrected chi connectivity index (χ4v) is 3.05. The third-order valence-corrected chi connectivity index (χ3v) is 4.43. The number of hydrogen-bond acceptors (Lipinski definition) is 4. The second-order valence-corrected chi connectivity index (χ2v) is 6.43. The van der Waals surface area contributed by atoms with E-state index in [4.69, 9.17) is 16.3 Å². The number of hydrogen-bond donors (Lipinski definition) is 1. The molecule has 2 aromatic rings. The summed E-state index contributed by atoms with van der Waals surface area (Å²) in [5.41, 5.74) is 2.30. The molecular weight excluding hydrogens is 304 g/mol. The fourth-order valence-electron chi connectivity index (χ4n) is 2.23. The van der Waals surface area contributed by atoms with E-state index < -0.39 is 0 Å². The maximum Gasteiger partial charge on any atom is 0.137 e. The lowest BCUT2D eigenvalue weighted by molar-refractivity contribution is 0.413. The number of benzene rings is 1. The molecule has 0 saturated heterocycles. The third-order valence-electron chi connectivity index (χ3n) is 3.30. The second kappa shape index (κ2) is 7.78. The summed E-state index contributed by atoms with van der Waals surface area (Å²) in [7, 11) is 1.64. The van der Waals surface area contributed by atoms with Crippen molar-refractivity contribution in [2.75, 3.05) is 13.7 Å². The summed E-state index contributed by atoms with van der Waals surface area (Å²) >= 11 is 7.80. The average molecular weight is 325 g/mol. The molecule has 1 unspecified atom stereocenters. The first-order valence-corrected chi connectivity index (χ1v) is 8.37. The summed E-state index contributed by atoms with van der Waals surface area (Å²) in [6, 6.07) is 6.17. The highest BCUT2D eigenvalue weighted by atomic mass is 35.5. The van der Waals surface area contributed by atoms with Gasteiger partial charge in [-0.15, -0.1) is 11.3 Å². The van der Waals surface area contributed by atoms with Crippen LogP contribution in [0.3, 0.4) is 0 Å². The number of aryl methyl sites for hydroxylation is 1. The SMILES string of the molecule is CCCNC(Cc1csc(C)n1)c1ccc(Cl)c(OC)c1. The fraction of sp³-hybridized carbons (Fsp3) is 0.438. The number of aromatic nitrogens is 1. The Morgan fingerprint density at radius 3 is 2.86 bits per heavy atom. The molecule has 0 aliphatic rings. The van der Waals surface area contributed by atoms with E-state index in [0.717, 1.165) is 30.1 Å². The summed E-state index contributed by atoms with van der Waals surface area (Å²) in [5, 5.41) is 7.45. The summed E-state index contributed by atoms with van der Waals surface area (Å²) in [6.07, 6.45) is 1.96. The first-order chi connectivity index (χ1) is 10.1. The Morgan fingerprint density at radius 2 is 2.24 bits per heavy atom. The number of rotatable bonds is 7. The highest BCUT2D eigenvalue weighted by Gasteiger charge is 2.15. The van der Waals surface area contributed by atoms with Crippen molar-refractivity contribution in [3.8, 4) is 5.75 Å². The van der Waals surface area contributed by atoms with Gasteiger partial charge in [-0.05, 0) is 37.6 Å². The van der Waals surface area contributed by atoms with Gasteiger partial charge in [0.1, 0.15) is 5.75 Å². The molecule has 114 valence electrons. The molecule has 2 rings (SSSR count). The van der Waals surface area contributed by atoms with E-state index in [1.54, 1.807) is 18.4 Å². The molecule has 1 aromatic heterocycles. The standard InChI is InChI=1S/C16H21ClN2OS/c1-4-7-18-15(9-13-10-21-11(2)19-13)12-5-6-14(17)16(8-12)20-3/h5-6,8,10,15,18H,4,7,9H2,1-3H3. The van der Waals surface area contributed by atoms with Crippen molar-refractivity contribution in [2.45, 2.75) is 32.7 Å². The Balaban J connectivity index is 2.22. The zero-order chi connectivity index (χ0) is 15.2. The number of thiazole rings is 1. The molecule has 0 saturated carbocycles. The molecule has 0 amide bonds. The van der Waals surface area contributed by atoms with E-state index in [1.165, 1.54) is 5.56 Å². The van der Waals surface area contributed by atoms with Crippen molar-refractivity contribution in [1.29, 1.82) is 0 Å². The highest BCUT2D eigenvalue weighted by Crippen LogP contribution is 2.29. The van der Waals surface area contributed by atoms with Gasteiger partial charge in [0.15, 0.2) is 0 Å². The van der Waals surface area contributed by atoms with Crippen LogP contribution in [-0.2, 0) is 6.42 Å². The van der Waals surface area contributed by atoms with E-state index in [2.05, 4.69) is 28.7 Å². The lowest BCUT2D eigenvalue weighted by atomic mass is 10.0. The minimum atomic E-state index is 0.220. The number of nitrogens with one attached hydrogen (secondary N) is 1. The maximum atomic E-state index is 6.11. The minimum absolute atomic E-state index is 0.220. The normalized spacial score (nSPS) is 12.4. The van der Waals surface area contributed by atoms with Crippen LogP contribution in [0.2, 0.25) is 5.02 Å². The van der Waals surface area contributed by atoms with Gasteiger partial charge in [-0.1, -0.05) is 24.6 Å². The summed E-state index contributed by atoms with van der Waals surface area (Å²) in [4.78, 5) is 4.57. The zero-order valence-electron chi connectivity index (χ0n) is 12.6. The van der Waals surface area contributed by atoms with Gasteiger partial charge in [-0.3, -0.25) is 0 Å². The van der Waals surface area contributed by atoms with Crippen LogP contribution in [0.5, 0.6) is 5.75 Å². The molecule has 21 heavy (non-hydrogen) atoms. The summed E-state index contributed by atoms with van der Waals surface area (Å²) < 4.78 is 5.32. The van der Waals surface area contributed by atoms with E-state index >= 15 is 0 Å². The molecule has 0 bridgehead atoms. The van der Waals surface area contributed by atoms with Crippen molar-refractivity contribution < 1.29 is 4.74 Å². The quantitative estimate of drug-likeness (QED) is 0.819. The maximum absolute atomic E-state index is 6.11. The number of halogens is 1. The van der Waals surface area contributed by atoms with Crippen LogP contribution in [0.4, 0.5) is 0 Å². The van der Waals surface area contributed by atoms with Crippen LogP contribution in [0.25, 0.3) is 0 Å². The summed E-state index contributed by atoms with van der Waals surface area (Å²) in [5.74, 6) is 0.715. The lowest BCUT2D eigenvalue weighted by Gasteiger charge is -2.19. The predicted molar refractivity (Wildman–Crippen MR) is 89.6 cm³/mol. The first-order valence-electron chi connectivity index (χ1n) is 7.11. The molecule has 0 radical (unpaired) electrons. The Hall–Kier alpha value is -1.10. The second-order valence-electron chi connectivity index (χ2n) is 4.96. The number of nitrogens with zero attached hydrogens (tertiary/aromatic N) is 1. The van der Waals surface area contributed by atoms with Crippen molar-refractivity contribution >= 4 is 22.9 Å². The Bertz CT molecular complexity index is 585. The summed E-state index contributed by atoms with van der Waals surface area (Å²) in [6.45, 7) is 5.17. The van der Waals surface area contributed by atoms with E-state index in [0.29, 0.717) is 10.8 Å². The number of ether oxygens (including phenoxy) is 1. The molecule has 0 aliphatic heterocycles. The molecule has 5 heteroatoms. The molecule has 1 heterocycles. The zero-order valence-corrected chi connectivity index (χ0v) is 14.2. The van der Waals surface area contributed by atoms with E-state index in [9.17, 15) is 0 Å². The van der Waals surface area contributed by atoms with Gasteiger partial charge in [-0.25, -0.2) is 4.98 Å². The van der Waals surface area contributed by atoms with Crippen molar-refractivity contribution in [3.05, 3.63) is 44.9 Å². The van der Waals surface area contributed by atoms with Crippen LogP contribution in [0.15, 0.2) is 23.6 Å². The smallest absolute Gasteiger partial charge is 0.137 e. The van der Waals surface area contributed by atoms with Gasteiger partial charge in [0.2, 0.25) is 0 Å². The Kier molecular flexibility index (Phi) is 6.03. The largest absolute Gasteiger partial charge is 0.495 e. The molecule has 0 spiro atoms. The Labute approximate surface area is 135 Å². The topological polar surface area (TPSA) is 34.2 Å². The van der Waals surface area contributed by atoms with Crippen LogP contribution in [0, 0.1) is 6.92 Å². The molecule has 0 fully saturated rings. The monoisotopic (exact) mass is 324 g/mol. The van der Waals surface area contributed by atoms with Crippen LogP contribution in [-0.4, -0.2) is 18.6 Å². The van der Waals surface area contributed by atoms with Crippen LogP contribution < -0.4 is 10.1 Å². The number of methoxy groups -OCH3 is 1. The van der Waals surface area contributed by atoms with Gasteiger partial charge in [0.25, 0.3) is 0 Å². The predicted octanol–water partition coefficient (Wildman–Crippen LogP) is 4.40. The molecule has 3 nitrogen and oxygen atoms in total. The lowest BCUT2D eigenvalue weighted by Crippen LogP contribution is -2.24. The first kappa shape index (κ1) is 16.3. The third kappa shape index (κ3) is 4.43. The minimum Gasteiger partial charge on any atom is -0.495 e. The molecule has 0 aliphatic carbocycles. The van der Waals surface area contributed by atoms with E-state index in [-0.39, 0.29) is 6.04 Å². The van der Waals surface area contributed by atoms with Crippen LogP contribution >= 0.6 is 22.9 Å². The van der Waals surface area contributed by atoms with Crippen molar-refractivity contribution in [3.63, 3.8) is 0 Å². The Morgan fingerprint density at radius 1 is 1.43 bits per heavy atom. The van der Waals surface area contributed by atoms with Gasteiger partial charge in [0.05, 0.1) is 22.8 Å². The molecular formula is C16H21ClN2OS.